The van der Waals surface area contributed by atoms with Crippen LogP contribution in [0.3, 0.4) is 0 Å². The van der Waals surface area contributed by atoms with Gasteiger partial charge in [-0.15, -0.1) is 0 Å². The maximum absolute atomic E-state index is 13.0. The highest BCUT2D eigenvalue weighted by molar-refractivity contribution is 5.90. The molecule has 0 unspecified atom stereocenters. The molecule has 2 N–H and O–H groups in total. The third kappa shape index (κ3) is 5.40. The number of carbonyl (C=O) groups excluding carboxylic acids is 1. The molecule has 0 radical (unpaired) electrons. The molecule has 23 heavy (non-hydrogen) atoms. The van der Waals surface area contributed by atoms with Crippen LogP contribution >= 0.6 is 0 Å². The van der Waals surface area contributed by atoms with E-state index < -0.39 is 0 Å². The van der Waals surface area contributed by atoms with Crippen molar-refractivity contribution in [3.05, 3.63) is 59.9 Å². The number of benzene rings is 2. The zero-order valence-electron chi connectivity index (χ0n) is 13.8. The summed E-state index contributed by atoms with van der Waals surface area (Å²) in [5.41, 5.74) is 2.86. The van der Waals surface area contributed by atoms with E-state index in [4.69, 9.17) is 0 Å². The Labute approximate surface area is 136 Å². The van der Waals surface area contributed by atoms with E-state index in [9.17, 15) is 9.18 Å². The third-order valence-corrected chi connectivity index (χ3v) is 3.54. The molecule has 1 amide bonds. The second kappa shape index (κ2) is 7.27. The molecule has 0 aliphatic carbocycles. The van der Waals surface area contributed by atoms with Gasteiger partial charge >= 0.3 is 0 Å². The Kier molecular flexibility index (Phi) is 5.37. The Bertz CT molecular complexity index is 660. The molecule has 0 fully saturated rings. The van der Waals surface area contributed by atoms with Crippen LogP contribution in [-0.2, 0) is 10.2 Å². The number of halogens is 1. The van der Waals surface area contributed by atoms with Crippen LogP contribution in [0.4, 0.5) is 15.8 Å². The van der Waals surface area contributed by atoms with Gasteiger partial charge in [-0.3, -0.25) is 4.79 Å². The van der Waals surface area contributed by atoms with Gasteiger partial charge in [-0.25, -0.2) is 4.39 Å². The highest BCUT2D eigenvalue weighted by Gasteiger charge is 2.12. The van der Waals surface area contributed by atoms with E-state index in [1.807, 2.05) is 12.1 Å². The molecule has 0 spiro atoms. The van der Waals surface area contributed by atoms with Crippen molar-refractivity contribution in [3.63, 3.8) is 0 Å². The van der Waals surface area contributed by atoms with Gasteiger partial charge in [0.15, 0.2) is 0 Å². The molecule has 0 aliphatic heterocycles. The first-order chi connectivity index (χ1) is 10.8. The first-order valence-electron chi connectivity index (χ1n) is 7.74. The minimum atomic E-state index is -0.361. The van der Waals surface area contributed by atoms with Crippen LogP contribution in [0.5, 0.6) is 0 Å². The summed E-state index contributed by atoms with van der Waals surface area (Å²) in [5, 5.41) is 5.90. The Balaban J connectivity index is 1.79. The van der Waals surface area contributed by atoms with Gasteiger partial charge in [0.05, 0.1) is 0 Å². The fraction of sp³-hybridized carbons (Fsp3) is 0.316. The summed E-state index contributed by atoms with van der Waals surface area (Å²) < 4.78 is 13.0. The van der Waals surface area contributed by atoms with Crippen LogP contribution < -0.4 is 10.6 Å². The molecule has 3 nitrogen and oxygen atoms in total. The van der Waals surface area contributed by atoms with Crippen molar-refractivity contribution in [2.75, 3.05) is 17.2 Å². The lowest BCUT2D eigenvalue weighted by Crippen LogP contribution is -2.16. The lowest BCUT2D eigenvalue weighted by atomic mass is 9.87. The topological polar surface area (TPSA) is 41.1 Å². The van der Waals surface area contributed by atoms with Gasteiger partial charge in [0.1, 0.15) is 5.82 Å². The normalized spacial score (nSPS) is 11.1. The summed E-state index contributed by atoms with van der Waals surface area (Å²) >= 11 is 0. The van der Waals surface area contributed by atoms with Gasteiger partial charge in [0.25, 0.3) is 0 Å². The van der Waals surface area contributed by atoms with Gasteiger partial charge in [0.2, 0.25) is 5.91 Å². The molecular formula is C19H23FN2O. The quantitative estimate of drug-likeness (QED) is 0.849. The van der Waals surface area contributed by atoms with Crippen molar-refractivity contribution < 1.29 is 9.18 Å². The van der Waals surface area contributed by atoms with Crippen LogP contribution in [0, 0.1) is 5.82 Å². The van der Waals surface area contributed by atoms with Crippen molar-refractivity contribution >= 4 is 17.3 Å². The SMILES string of the molecule is CC(C)(C)c1ccc(NCCC(=O)Nc2cccc(F)c2)cc1. The van der Waals surface area contributed by atoms with E-state index in [0.717, 1.165) is 5.69 Å². The number of hydrogen-bond acceptors (Lipinski definition) is 2. The maximum Gasteiger partial charge on any atom is 0.226 e. The van der Waals surface area contributed by atoms with Gasteiger partial charge in [0, 0.05) is 24.3 Å². The summed E-state index contributed by atoms with van der Waals surface area (Å²) in [5.74, 6) is -0.505. The van der Waals surface area contributed by atoms with Crippen LogP contribution in [0.25, 0.3) is 0 Å². The Morgan fingerprint density at radius 2 is 1.74 bits per heavy atom. The third-order valence-electron chi connectivity index (χ3n) is 3.54. The average Bonchev–Trinajstić information content (AvgIpc) is 2.47. The zero-order chi connectivity index (χ0) is 16.9. The second-order valence-corrected chi connectivity index (χ2v) is 6.56. The predicted molar refractivity (Wildman–Crippen MR) is 93.3 cm³/mol. The van der Waals surface area contributed by atoms with Gasteiger partial charge in [-0.05, 0) is 41.3 Å². The number of anilines is 2. The molecule has 0 heterocycles. The Morgan fingerprint density at radius 3 is 2.35 bits per heavy atom. The maximum atomic E-state index is 13.0. The molecule has 4 heteroatoms. The fourth-order valence-electron chi connectivity index (χ4n) is 2.20. The monoisotopic (exact) mass is 314 g/mol. The molecule has 0 atom stereocenters. The van der Waals surface area contributed by atoms with E-state index in [2.05, 4.69) is 43.5 Å². The minimum absolute atomic E-state index is 0.128. The van der Waals surface area contributed by atoms with Crippen molar-refractivity contribution in [2.24, 2.45) is 0 Å². The standard InChI is InChI=1S/C19H23FN2O/c1-19(2,3)14-7-9-16(10-8-14)21-12-11-18(23)22-17-6-4-5-15(20)13-17/h4-10,13,21H,11-12H2,1-3H3,(H,22,23). The van der Waals surface area contributed by atoms with Crippen molar-refractivity contribution in [2.45, 2.75) is 32.6 Å². The highest BCUT2D eigenvalue weighted by atomic mass is 19.1. The zero-order valence-corrected chi connectivity index (χ0v) is 13.8. The molecule has 2 rings (SSSR count). The van der Waals surface area contributed by atoms with Gasteiger partial charge < -0.3 is 10.6 Å². The Morgan fingerprint density at radius 1 is 1.04 bits per heavy atom. The lowest BCUT2D eigenvalue weighted by molar-refractivity contribution is -0.115. The molecule has 122 valence electrons. The van der Waals surface area contributed by atoms with Crippen LogP contribution in [0.2, 0.25) is 0 Å². The molecule has 0 aromatic heterocycles. The molecule has 0 bridgehead atoms. The minimum Gasteiger partial charge on any atom is -0.385 e. The smallest absolute Gasteiger partial charge is 0.226 e. The summed E-state index contributed by atoms with van der Waals surface area (Å²) in [6.45, 7) is 7.04. The molecule has 0 aliphatic rings. The van der Waals surface area contributed by atoms with Crippen molar-refractivity contribution in [3.8, 4) is 0 Å². The predicted octanol–water partition coefficient (Wildman–Crippen LogP) is 4.56. The van der Waals surface area contributed by atoms with Crippen molar-refractivity contribution in [1.29, 1.82) is 0 Å². The molecule has 2 aromatic carbocycles. The van der Waals surface area contributed by atoms with Crippen LogP contribution in [0.1, 0.15) is 32.8 Å². The van der Waals surface area contributed by atoms with Crippen LogP contribution in [0.15, 0.2) is 48.5 Å². The average molecular weight is 314 g/mol. The van der Waals surface area contributed by atoms with E-state index in [1.54, 1.807) is 12.1 Å². The molecular weight excluding hydrogens is 291 g/mol. The Hall–Kier alpha value is -2.36. The number of amides is 1. The fourth-order valence-corrected chi connectivity index (χ4v) is 2.20. The first kappa shape index (κ1) is 17.0. The largest absolute Gasteiger partial charge is 0.385 e. The molecule has 0 saturated carbocycles. The number of nitrogens with one attached hydrogen (secondary N) is 2. The van der Waals surface area contributed by atoms with E-state index in [-0.39, 0.29) is 17.1 Å². The van der Waals surface area contributed by atoms with E-state index in [1.165, 1.54) is 17.7 Å². The summed E-state index contributed by atoms with van der Waals surface area (Å²) in [7, 11) is 0. The summed E-state index contributed by atoms with van der Waals surface area (Å²) in [6.07, 6.45) is 0.317. The lowest BCUT2D eigenvalue weighted by Gasteiger charge is -2.19. The number of hydrogen-bond donors (Lipinski definition) is 2. The molecule has 2 aromatic rings. The van der Waals surface area contributed by atoms with Gasteiger partial charge in [-0.1, -0.05) is 39.0 Å². The second-order valence-electron chi connectivity index (χ2n) is 6.56. The highest BCUT2D eigenvalue weighted by Crippen LogP contribution is 2.23. The van der Waals surface area contributed by atoms with Crippen molar-refractivity contribution in [1.82, 2.24) is 0 Å². The van der Waals surface area contributed by atoms with Gasteiger partial charge in [-0.2, -0.15) is 0 Å². The molecule has 0 saturated heterocycles. The summed E-state index contributed by atoms with van der Waals surface area (Å²) in [6, 6.07) is 14.1. The van der Waals surface area contributed by atoms with E-state index in [0.29, 0.717) is 18.7 Å². The first-order valence-corrected chi connectivity index (χ1v) is 7.74. The number of carbonyl (C=O) groups is 1. The van der Waals surface area contributed by atoms with E-state index >= 15 is 0 Å². The summed E-state index contributed by atoms with van der Waals surface area (Å²) in [4.78, 5) is 11.8. The van der Waals surface area contributed by atoms with Crippen LogP contribution in [-0.4, -0.2) is 12.5 Å². The number of rotatable bonds is 5.